The van der Waals surface area contributed by atoms with Gasteiger partial charge in [0.1, 0.15) is 23.9 Å². The van der Waals surface area contributed by atoms with Crippen molar-refractivity contribution >= 4 is 17.8 Å². The Morgan fingerprint density at radius 3 is 2.84 bits per heavy atom. The lowest BCUT2D eigenvalue weighted by atomic mass is 10.0. The van der Waals surface area contributed by atoms with Crippen LogP contribution in [0.1, 0.15) is 50.5 Å². The SMILES string of the molecule is COCCOc1cc2cc(c1)C(=O)NCCNC(=O)N[C@H]1CCN(C(=O)c3n[nH]c4c3CCC4)C[C@@H]1OCc1cccc(c1)O2. The van der Waals surface area contributed by atoms with Crippen molar-refractivity contribution in [1.29, 1.82) is 0 Å². The first kappa shape index (κ1) is 30.4. The lowest BCUT2D eigenvalue weighted by Gasteiger charge is -2.38. The molecule has 3 aliphatic rings. The summed E-state index contributed by atoms with van der Waals surface area (Å²) in [6, 6.07) is 11.7. The fraction of sp³-hybridized carbons (Fsp3) is 0.438. The fourth-order valence-electron chi connectivity index (χ4n) is 5.88. The molecule has 6 rings (SSSR count). The molecule has 1 fully saturated rings. The molecular formula is C32H38N6O7. The van der Waals surface area contributed by atoms with Crippen LogP contribution in [0.4, 0.5) is 4.79 Å². The van der Waals surface area contributed by atoms with Crippen molar-refractivity contribution in [3.63, 3.8) is 0 Å². The van der Waals surface area contributed by atoms with E-state index in [2.05, 4.69) is 26.1 Å². The maximum Gasteiger partial charge on any atom is 0.315 e. The molecule has 45 heavy (non-hydrogen) atoms. The molecule has 238 valence electrons. The fourth-order valence-corrected chi connectivity index (χ4v) is 5.88. The van der Waals surface area contributed by atoms with Crippen molar-refractivity contribution in [3.8, 4) is 17.2 Å². The Hall–Kier alpha value is -4.62. The van der Waals surface area contributed by atoms with E-state index in [1.54, 1.807) is 30.2 Å². The van der Waals surface area contributed by atoms with Crippen LogP contribution in [0.25, 0.3) is 0 Å². The number of rotatable bonds is 5. The van der Waals surface area contributed by atoms with Crippen LogP contribution in [0.2, 0.25) is 0 Å². The van der Waals surface area contributed by atoms with Crippen molar-refractivity contribution in [1.82, 2.24) is 31.0 Å². The minimum atomic E-state index is -0.466. The van der Waals surface area contributed by atoms with Gasteiger partial charge in [0, 0.05) is 56.2 Å². The predicted molar refractivity (Wildman–Crippen MR) is 163 cm³/mol. The van der Waals surface area contributed by atoms with Gasteiger partial charge in [-0.3, -0.25) is 14.7 Å². The highest BCUT2D eigenvalue weighted by Gasteiger charge is 2.36. The summed E-state index contributed by atoms with van der Waals surface area (Å²) in [6.07, 6.45) is 2.81. The van der Waals surface area contributed by atoms with E-state index in [9.17, 15) is 14.4 Å². The number of hydrogen-bond acceptors (Lipinski definition) is 8. The van der Waals surface area contributed by atoms with Gasteiger partial charge in [-0.25, -0.2) is 4.79 Å². The highest BCUT2D eigenvalue weighted by molar-refractivity contribution is 5.95. The summed E-state index contributed by atoms with van der Waals surface area (Å²) in [4.78, 5) is 41.1. The summed E-state index contributed by atoms with van der Waals surface area (Å²) < 4.78 is 23.4. The zero-order chi connectivity index (χ0) is 31.2. The van der Waals surface area contributed by atoms with Gasteiger partial charge in [-0.2, -0.15) is 5.10 Å². The van der Waals surface area contributed by atoms with Gasteiger partial charge < -0.3 is 39.8 Å². The molecule has 13 heteroatoms. The van der Waals surface area contributed by atoms with E-state index in [-0.39, 0.29) is 43.6 Å². The number of aromatic nitrogens is 2. The van der Waals surface area contributed by atoms with Gasteiger partial charge in [0.25, 0.3) is 11.8 Å². The normalized spacial score (nSPS) is 20.3. The minimum absolute atomic E-state index is 0.126. The average molecular weight is 619 g/mol. The Kier molecular flexibility index (Phi) is 9.46. The number of carbonyl (C=O) groups is 3. The molecule has 2 aliphatic heterocycles. The summed E-state index contributed by atoms with van der Waals surface area (Å²) in [6.45, 7) is 2.11. The van der Waals surface area contributed by atoms with Crippen molar-refractivity contribution < 1.29 is 33.3 Å². The maximum atomic E-state index is 13.5. The quantitative estimate of drug-likeness (QED) is 0.318. The molecule has 13 nitrogen and oxygen atoms in total. The Labute approximate surface area is 260 Å². The lowest BCUT2D eigenvalue weighted by Crippen LogP contribution is -2.58. The van der Waals surface area contributed by atoms with E-state index < -0.39 is 6.10 Å². The van der Waals surface area contributed by atoms with Crippen LogP contribution >= 0.6 is 0 Å². The second-order valence-corrected chi connectivity index (χ2v) is 11.3. The summed E-state index contributed by atoms with van der Waals surface area (Å²) in [5.74, 6) is 0.988. The van der Waals surface area contributed by atoms with Crippen LogP contribution < -0.4 is 25.4 Å². The number of hydrogen-bond donors (Lipinski definition) is 4. The molecule has 4 bridgehead atoms. The standard InChI is InChI=1S/C32H38N6O7/c1-42-12-13-43-23-15-21-16-24(17-23)45-22-5-2-4-20(14-22)19-44-28-18-38(31(40)29-25-6-3-7-26(25)36-37-29)11-8-27(28)35-32(41)34-10-9-33-30(21)39/h2,4-5,14-17,27-28H,3,6-13,18-19H2,1H3,(H,33,39)(H,36,37)(H2,34,35,41)/t27-,28-/m0/s1. The third-order valence-electron chi connectivity index (χ3n) is 8.16. The third-order valence-corrected chi connectivity index (χ3v) is 8.16. The number of piperidine rings is 1. The lowest BCUT2D eigenvalue weighted by molar-refractivity contribution is -0.0237. The molecule has 2 atom stereocenters. The van der Waals surface area contributed by atoms with Gasteiger partial charge in [-0.15, -0.1) is 0 Å². The van der Waals surface area contributed by atoms with Crippen LogP contribution in [0.3, 0.4) is 0 Å². The first-order valence-electron chi connectivity index (χ1n) is 15.3. The number of H-pyrrole nitrogens is 1. The van der Waals surface area contributed by atoms with E-state index >= 15 is 0 Å². The number of ether oxygens (including phenoxy) is 4. The smallest absolute Gasteiger partial charge is 0.315 e. The number of benzene rings is 2. The van der Waals surface area contributed by atoms with Crippen LogP contribution in [0, 0.1) is 0 Å². The second-order valence-electron chi connectivity index (χ2n) is 11.3. The zero-order valence-electron chi connectivity index (χ0n) is 25.2. The molecule has 0 spiro atoms. The van der Waals surface area contributed by atoms with Gasteiger partial charge in [-0.1, -0.05) is 12.1 Å². The highest BCUT2D eigenvalue weighted by atomic mass is 16.5. The summed E-state index contributed by atoms with van der Waals surface area (Å²) in [5, 5.41) is 16.0. The highest BCUT2D eigenvalue weighted by Crippen LogP contribution is 2.29. The molecule has 4 amide bonds. The average Bonchev–Trinajstić information content (AvgIpc) is 3.67. The molecule has 4 N–H and O–H groups in total. The number of likely N-dealkylation sites (tertiary alicyclic amines) is 1. The number of aryl methyl sites for hydroxylation is 1. The number of amides is 4. The molecule has 3 heterocycles. The Balaban J connectivity index is 1.22. The number of urea groups is 1. The Morgan fingerprint density at radius 1 is 1.07 bits per heavy atom. The topological polar surface area (TPSA) is 156 Å². The van der Waals surface area contributed by atoms with Crippen molar-refractivity contribution in [2.75, 3.05) is 46.5 Å². The van der Waals surface area contributed by atoms with Gasteiger partial charge in [-0.05, 0) is 55.5 Å². The molecule has 2 aromatic carbocycles. The number of aromatic amines is 1. The predicted octanol–water partition coefficient (Wildman–Crippen LogP) is 2.56. The molecule has 0 unspecified atom stereocenters. The first-order valence-corrected chi connectivity index (χ1v) is 15.3. The van der Waals surface area contributed by atoms with E-state index in [1.807, 2.05) is 24.3 Å². The van der Waals surface area contributed by atoms with E-state index in [1.165, 1.54) is 0 Å². The molecule has 1 aliphatic carbocycles. The Morgan fingerprint density at radius 2 is 1.96 bits per heavy atom. The number of nitrogens with zero attached hydrogens (tertiary/aromatic N) is 2. The number of methoxy groups -OCH3 is 1. The van der Waals surface area contributed by atoms with Crippen LogP contribution in [-0.4, -0.2) is 91.6 Å². The van der Waals surface area contributed by atoms with E-state index in [0.29, 0.717) is 61.2 Å². The van der Waals surface area contributed by atoms with Gasteiger partial charge in [0.05, 0.1) is 25.4 Å². The molecule has 1 aromatic heterocycles. The van der Waals surface area contributed by atoms with Crippen LogP contribution in [-0.2, 0) is 28.9 Å². The molecule has 0 radical (unpaired) electrons. The number of carbonyl (C=O) groups excluding carboxylic acids is 3. The van der Waals surface area contributed by atoms with Crippen molar-refractivity contribution in [2.24, 2.45) is 0 Å². The maximum absolute atomic E-state index is 13.5. The van der Waals surface area contributed by atoms with Gasteiger partial charge in [0.15, 0.2) is 5.69 Å². The zero-order valence-corrected chi connectivity index (χ0v) is 25.2. The second kappa shape index (κ2) is 14.0. The summed E-state index contributed by atoms with van der Waals surface area (Å²) >= 11 is 0. The first-order chi connectivity index (χ1) is 22.0. The van der Waals surface area contributed by atoms with Gasteiger partial charge >= 0.3 is 6.03 Å². The third kappa shape index (κ3) is 7.37. The molecule has 3 aromatic rings. The van der Waals surface area contributed by atoms with Crippen molar-refractivity contribution in [3.05, 3.63) is 70.5 Å². The van der Waals surface area contributed by atoms with Crippen LogP contribution in [0.5, 0.6) is 17.2 Å². The number of fused-ring (bicyclic) bond motifs is 6. The minimum Gasteiger partial charge on any atom is -0.491 e. The summed E-state index contributed by atoms with van der Waals surface area (Å²) in [5.41, 5.74) is 3.73. The monoisotopic (exact) mass is 618 g/mol. The van der Waals surface area contributed by atoms with Crippen LogP contribution in [0.15, 0.2) is 42.5 Å². The largest absolute Gasteiger partial charge is 0.491 e. The van der Waals surface area contributed by atoms with Crippen molar-refractivity contribution in [2.45, 2.75) is 44.4 Å². The molecule has 0 saturated carbocycles. The van der Waals surface area contributed by atoms with E-state index in [4.69, 9.17) is 18.9 Å². The Bertz CT molecular complexity index is 1540. The molecule has 1 saturated heterocycles. The number of nitrogens with one attached hydrogen (secondary N) is 4. The summed E-state index contributed by atoms with van der Waals surface area (Å²) in [7, 11) is 1.58. The van der Waals surface area contributed by atoms with Gasteiger partial charge in [0.2, 0.25) is 0 Å². The molecular weight excluding hydrogens is 580 g/mol. The van der Waals surface area contributed by atoms with E-state index in [0.717, 1.165) is 36.1 Å².